The van der Waals surface area contributed by atoms with Gasteiger partial charge in [-0.2, -0.15) is 5.10 Å². The van der Waals surface area contributed by atoms with Crippen molar-refractivity contribution in [2.45, 2.75) is 31.1 Å². The highest BCUT2D eigenvalue weighted by Gasteiger charge is 2.20. The van der Waals surface area contributed by atoms with Gasteiger partial charge in [0.25, 0.3) is 5.91 Å². The number of nitrogens with one attached hydrogen (secondary N) is 1. The van der Waals surface area contributed by atoms with E-state index in [1.807, 2.05) is 0 Å². The van der Waals surface area contributed by atoms with Crippen molar-refractivity contribution < 1.29 is 4.79 Å². The van der Waals surface area contributed by atoms with Crippen LogP contribution in [0.4, 0.5) is 0 Å². The Kier molecular flexibility index (Phi) is 3.87. The van der Waals surface area contributed by atoms with Crippen LogP contribution >= 0.6 is 11.6 Å². The first-order chi connectivity index (χ1) is 9.74. The van der Waals surface area contributed by atoms with Crippen molar-refractivity contribution in [2.24, 2.45) is 5.92 Å². The monoisotopic (exact) mass is 292 g/mol. The van der Waals surface area contributed by atoms with Crippen LogP contribution in [-0.2, 0) is 0 Å². The van der Waals surface area contributed by atoms with Crippen LogP contribution in [0.15, 0.2) is 24.8 Å². The predicted octanol–water partition coefficient (Wildman–Crippen LogP) is 2.26. The standard InChI is InChI=1S/C14H17ClN4O/c15-11-3-1-10(2-4-11)7-17-14(20)12-8-18-19-6-5-16-9-13(12)19/h5-6,8-11H,1-4,7H2,(H,17,20). The average molecular weight is 293 g/mol. The number of amides is 1. The summed E-state index contributed by atoms with van der Waals surface area (Å²) in [5.74, 6) is 0.454. The lowest BCUT2D eigenvalue weighted by atomic mass is 9.89. The van der Waals surface area contributed by atoms with Crippen LogP contribution < -0.4 is 5.32 Å². The van der Waals surface area contributed by atoms with Gasteiger partial charge in [-0.1, -0.05) is 0 Å². The molecular formula is C14H17ClN4O. The summed E-state index contributed by atoms with van der Waals surface area (Å²) in [7, 11) is 0. The van der Waals surface area contributed by atoms with Gasteiger partial charge in [-0.05, 0) is 31.6 Å². The van der Waals surface area contributed by atoms with Crippen molar-refractivity contribution in [1.82, 2.24) is 19.9 Å². The molecule has 0 bridgehead atoms. The zero-order valence-electron chi connectivity index (χ0n) is 11.1. The minimum Gasteiger partial charge on any atom is -0.352 e. The second kappa shape index (κ2) is 5.79. The molecule has 1 amide bonds. The van der Waals surface area contributed by atoms with Gasteiger partial charge in [0.05, 0.1) is 23.5 Å². The Morgan fingerprint density at radius 2 is 2.15 bits per heavy atom. The van der Waals surface area contributed by atoms with Crippen LogP contribution in [0.25, 0.3) is 5.52 Å². The molecule has 0 saturated heterocycles. The first-order valence-electron chi connectivity index (χ1n) is 6.93. The summed E-state index contributed by atoms with van der Waals surface area (Å²) >= 11 is 6.09. The van der Waals surface area contributed by atoms with E-state index in [1.54, 1.807) is 29.3 Å². The molecule has 106 valence electrons. The lowest BCUT2D eigenvalue weighted by Crippen LogP contribution is -2.31. The molecular weight excluding hydrogens is 276 g/mol. The maximum absolute atomic E-state index is 12.2. The van der Waals surface area contributed by atoms with Gasteiger partial charge in [-0.15, -0.1) is 11.6 Å². The Bertz CT molecular complexity index is 604. The van der Waals surface area contributed by atoms with Crippen molar-refractivity contribution in [2.75, 3.05) is 6.54 Å². The van der Waals surface area contributed by atoms with Crippen molar-refractivity contribution in [3.8, 4) is 0 Å². The molecule has 5 nitrogen and oxygen atoms in total. The molecule has 0 aliphatic heterocycles. The first-order valence-corrected chi connectivity index (χ1v) is 7.37. The Labute approximate surface area is 122 Å². The Morgan fingerprint density at radius 3 is 2.95 bits per heavy atom. The summed E-state index contributed by atoms with van der Waals surface area (Å²) in [5.41, 5.74) is 1.30. The normalized spacial score (nSPS) is 22.9. The van der Waals surface area contributed by atoms with Crippen LogP contribution in [0.3, 0.4) is 0 Å². The van der Waals surface area contributed by atoms with E-state index in [2.05, 4.69) is 15.4 Å². The number of halogens is 1. The molecule has 1 saturated carbocycles. The molecule has 0 radical (unpaired) electrons. The van der Waals surface area contributed by atoms with E-state index in [-0.39, 0.29) is 5.91 Å². The van der Waals surface area contributed by atoms with Gasteiger partial charge in [0.1, 0.15) is 0 Å². The molecule has 0 aromatic carbocycles. The Balaban J connectivity index is 1.62. The number of alkyl halides is 1. The Hall–Kier alpha value is -1.62. The molecule has 1 fully saturated rings. The molecule has 1 aliphatic carbocycles. The van der Waals surface area contributed by atoms with E-state index >= 15 is 0 Å². The maximum Gasteiger partial charge on any atom is 0.255 e. The van der Waals surface area contributed by atoms with E-state index in [9.17, 15) is 4.79 Å². The Morgan fingerprint density at radius 1 is 1.35 bits per heavy atom. The van der Waals surface area contributed by atoms with Crippen molar-refractivity contribution in [1.29, 1.82) is 0 Å². The number of carbonyl (C=O) groups excluding carboxylic acids is 1. The number of carbonyl (C=O) groups is 1. The summed E-state index contributed by atoms with van der Waals surface area (Å²) in [4.78, 5) is 16.2. The van der Waals surface area contributed by atoms with Crippen LogP contribution in [0, 0.1) is 5.92 Å². The summed E-state index contributed by atoms with van der Waals surface area (Å²) < 4.78 is 1.65. The second-order valence-electron chi connectivity index (χ2n) is 5.29. The highest BCUT2D eigenvalue weighted by molar-refractivity contribution is 6.20. The van der Waals surface area contributed by atoms with Gasteiger partial charge in [0, 0.05) is 24.3 Å². The SMILES string of the molecule is O=C(NCC1CCC(Cl)CC1)c1cnn2ccncc12. The fourth-order valence-corrected chi connectivity index (χ4v) is 2.92. The largest absolute Gasteiger partial charge is 0.352 e. The zero-order chi connectivity index (χ0) is 13.9. The fourth-order valence-electron chi connectivity index (χ4n) is 2.67. The minimum absolute atomic E-state index is 0.0824. The van der Waals surface area contributed by atoms with Gasteiger partial charge in [0.15, 0.2) is 0 Å². The van der Waals surface area contributed by atoms with E-state index in [1.165, 1.54) is 0 Å². The summed E-state index contributed by atoms with van der Waals surface area (Å²) in [6.45, 7) is 0.708. The van der Waals surface area contributed by atoms with E-state index in [4.69, 9.17) is 11.6 Å². The smallest absolute Gasteiger partial charge is 0.255 e. The predicted molar refractivity (Wildman–Crippen MR) is 76.9 cm³/mol. The third-order valence-electron chi connectivity index (χ3n) is 3.90. The van der Waals surface area contributed by atoms with Crippen molar-refractivity contribution in [3.63, 3.8) is 0 Å². The molecule has 0 atom stereocenters. The van der Waals surface area contributed by atoms with Crippen LogP contribution in [0.2, 0.25) is 0 Å². The highest BCUT2D eigenvalue weighted by atomic mass is 35.5. The van der Waals surface area contributed by atoms with Crippen LogP contribution in [0.1, 0.15) is 36.0 Å². The van der Waals surface area contributed by atoms with E-state index in [0.717, 1.165) is 31.2 Å². The third kappa shape index (κ3) is 2.77. The van der Waals surface area contributed by atoms with Crippen molar-refractivity contribution in [3.05, 3.63) is 30.4 Å². The van der Waals surface area contributed by atoms with Crippen LogP contribution in [0.5, 0.6) is 0 Å². The number of hydrogen-bond donors (Lipinski definition) is 1. The van der Waals surface area contributed by atoms with E-state index in [0.29, 0.717) is 23.4 Å². The summed E-state index contributed by atoms with van der Waals surface area (Å²) in [6, 6.07) is 0. The number of fused-ring (bicyclic) bond motifs is 1. The van der Waals surface area contributed by atoms with Gasteiger partial charge in [0.2, 0.25) is 0 Å². The third-order valence-corrected chi connectivity index (χ3v) is 4.33. The minimum atomic E-state index is -0.0824. The topological polar surface area (TPSA) is 59.3 Å². The molecule has 20 heavy (non-hydrogen) atoms. The lowest BCUT2D eigenvalue weighted by molar-refractivity contribution is 0.0945. The molecule has 0 unspecified atom stereocenters. The lowest BCUT2D eigenvalue weighted by Gasteiger charge is -2.24. The van der Waals surface area contributed by atoms with Gasteiger partial charge in [-0.25, -0.2) is 4.52 Å². The summed E-state index contributed by atoms with van der Waals surface area (Å²) in [5, 5.41) is 7.45. The van der Waals surface area contributed by atoms with Gasteiger partial charge < -0.3 is 5.32 Å². The van der Waals surface area contributed by atoms with Crippen molar-refractivity contribution >= 4 is 23.0 Å². The van der Waals surface area contributed by atoms with Crippen LogP contribution in [-0.4, -0.2) is 32.4 Å². The molecule has 1 N–H and O–H groups in total. The van der Waals surface area contributed by atoms with Gasteiger partial charge >= 0.3 is 0 Å². The molecule has 0 spiro atoms. The van der Waals surface area contributed by atoms with Gasteiger partial charge in [-0.3, -0.25) is 9.78 Å². The van der Waals surface area contributed by atoms with E-state index < -0.39 is 0 Å². The number of rotatable bonds is 3. The quantitative estimate of drug-likeness (QED) is 0.883. The number of hydrogen-bond acceptors (Lipinski definition) is 3. The zero-order valence-corrected chi connectivity index (χ0v) is 11.9. The molecule has 2 heterocycles. The maximum atomic E-state index is 12.2. The fraction of sp³-hybridized carbons (Fsp3) is 0.500. The molecule has 2 aromatic heterocycles. The highest BCUT2D eigenvalue weighted by Crippen LogP contribution is 2.27. The number of aromatic nitrogens is 3. The molecule has 3 rings (SSSR count). The molecule has 2 aromatic rings. The molecule has 1 aliphatic rings. The number of nitrogens with zero attached hydrogens (tertiary/aromatic N) is 3. The second-order valence-corrected chi connectivity index (χ2v) is 5.91. The molecule has 6 heteroatoms. The summed E-state index contributed by atoms with van der Waals surface area (Å²) in [6.07, 6.45) is 10.9. The first kappa shape index (κ1) is 13.4. The average Bonchev–Trinajstić information content (AvgIpc) is 2.90.